The minimum atomic E-state index is -0.553. The van der Waals surface area contributed by atoms with E-state index in [-0.39, 0.29) is 17.1 Å². The van der Waals surface area contributed by atoms with Crippen LogP contribution >= 0.6 is 0 Å². The fourth-order valence-corrected chi connectivity index (χ4v) is 3.29. The Morgan fingerprint density at radius 3 is 2.46 bits per heavy atom. The van der Waals surface area contributed by atoms with Gasteiger partial charge in [-0.2, -0.15) is 0 Å². The van der Waals surface area contributed by atoms with Crippen molar-refractivity contribution in [2.45, 2.75) is 32.7 Å². The molecule has 0 aromatic carbocycles. The number of aromatic amines is 1. The Labute approximate surface area is 153 Å². The predicted molar refractivity (Wildman–Crippen MR) is 97.9 cm³/mol. The molecule has 140 valence electrons. The van der Waals surface area contributed by atoms with Gasteiger partial charge in [-0.25, -0.2) is 0 Å². The molecule has 1 aliphatic heterocycles. The van der Waals surface area contributed by atoms with E-state index in [4.69, 9.17) is 10.2 Å². The maximum absolute atomic E-state index is 12.4. The first kappa shape index (κ1) is 18.3. The zero-order chi connectivity index (χ0) is 18.9. The van der Waals surface area contributed by atoms with Crippen LogP contribution < -0.4 is 5.73 Å². The molecule has 0 bridgehead atoms. The normalized spacial score (nSPS) is 16.0. The van der Waals surface area contributed by atoms with E-state index in [1.165, 1.54) is 0 Å². The molecule has 26 heavy (non-hydrogen) atoms. The molecule has 0 aliphatic carbocycles. The minimum Gasteiger partial charge on any atom is -0.455 e. The Hall–Kier alpha value is -2.54. The third-order valence-electron chi connectivity index (χ3n) is 4.61. The van der Waals surface area contributed by atoms with Gasteiger partial charge in [-0.15, -0.1) is 0 Å². The van der Waals surface area contributed by atoms with E-state index in [1.807, 2.05) is 31.7 Å². The van der Waals surface area contributed by atoms with Crippen LogP contribution in [0.5, 0.6) is 0 Å². The summed E-state index contributed by atoms with van der Waals surface area (Å²) < 4.78 is 5.72. The largest absolute Gasteiger partial charge is 0.455 e. The number of hydrogen-bond acceptors (Lipinski definition) is 4. The molecule has 0 unspecified atom stereocenters. The second-order valence-electron chi connectivity index (χ2n) is 7.73. The number of H-pyrrole nitrogens is 1. The molecular formula is C19H26N4O3. The SMILES string of the molecule is CC(C)(C)c1oc(C(N)=O)cc1CN1CCN(C(=O)c2ccc[nH]2)CC1. The van der Waals surface area contributed by atoms with Crippen LogP contribution in [0.1, 0.15) is 53.1 Å². The molecule has 3 rings (SSSR count). The van der Waals surface area contributed by atoms with Gasteiger partial charge in [0.05, 0.1) is 0 Å². The van der Waals surface area contributed by atoms with E-state index < -0.39 is 5.91 Å². The lowest BCUT2D eigenvalue weighted by Gasteiger charge is -2.34. The van der Waals surface area contributed by atoms with Gasteiger partial charge in [0.2, 0.25) is 0 Å². The summed E-state index contributed by atoms with van der Waals surface area (Å²) in [4.78, 5) is 31.0. The molecule has 2 amide bonds. The highest BCUT2D eigenvalue weighted by atomic mass is 16.4. The highest BCUT2D eigenvalue weighted by Gasteiger charge is 2.28. The number of carbonyl (C=O) groups excluding carboxylic acids is 2. The lowest BCUT2D eigenvalue weighted by Crippen LogP contribution is -2.48. The monoisotopic (exact) mass is 358 g/mol. The molecule has 0 atom stereocenters. The van der Waals surface area contributed by atoms with Crippen molar-refractivity contribution in [2.24, 2.45) is 5.73 Å². The number of piperazine rings is 1. The van der Waals surface area contributed by atoms with Crippen molar-refractivity contribution in [3.8, 4) is 0 Å². The molecule has 2 aromatic heterocycles. The summed E-state index contributed by atoms with van der Waals surface area (Å²) in [6.45, 7) is 9.70. The quantitative estimate of drug-likeness (QED) is 0.873. The zero-order valence-electron chi connectivity index (χ0n) is 15.5. The fourth-order valence-electron chi connectivity index (χ4n) is 3.29. The van der Waals surface area contributed by atoms with Crippen LogP contribution in [0.25, 0.3) is 0 Å². The van der Waals surface area contributed by atoms with Crippen molar-refractivity contribution in [3.63, 3.8) is 0 Å². The summed E-state index contributed by atoms with van der Waals surface area (Å²) in [5.74, 6) is 0.467. The first-order valence-corrected chi connectivity index (χ1v) is 8.83. The van der Waals surface area contributed by atoms with Crippen molar-refractivity contribution >= 4 is 11.8 Å². The van der Waals surface area contributed by atoms with Crippen molar-refractivity contribution < 1.29 is 14.0 Å². The maximum Gasteiger partial charge on any atom is 0.284 e. The Bertz CT molecular complexity index is 778. The second kappa shape index (κ2) is 6.99. The number of rotatable bonds is 4. The maximum atomic E-state index is 12.4. The Kier molecular flexibility index (Phi) is 4.91. The molecule has 7 heteroatoms. The van der Waals surface area contributed by atoms with Crippen molar-refractivity contribution in [2.75, 3.05) is 26.2 Å². The van der Waals surface area contributed by atoms with Gasteiger partial charge in [-0.1, -0.05) is 20.8 Å². The number of nitrogens with one attached hydrogen (secondary N) is 1. The highest BCUT2D eigenvalue weighted by Crippen LogP contribution is 2.30. The molecule has 1 fully saturated rings. The standard InChI is InChI=1S/C19H26N4O3/c1-19(2,3)16-13(11-15(26-16)17(20)24)12-22-7-9-23(10-8-22)18(25)14-5-4-6-21-14/h4-6,11,21H,7-10,12H2,1-3H3,(H2,20,24). The van der Waals surface area contributed by atoms with Crippen LogP contribution in [0.3, 0.4) is 0 Å². The number of furan rings is 1. The van der Waals surface area contributed by atoms with Crippen molar-refractivity contribution in [1.82, 2.24) is 14.8 Å². The predicted octanol–water partition coefficient (Wildman–Crippen LogP) is 1.96. The molecule has 2 aromatic rings. The average Bonchev–Trinajstić information content (AvgIpc) is 3.24. The van der Waals surface area contributed by atoms with E-state index >= 15 is 0 Å². The molecule has 0 spiro atoms. The van der Waals surface area contributed by atoms with E-state index in [2.05, 4.69) is 9.88 Å². The topological polar surface area (TPSA) is 95.6 Å². The van der Waals surface area contributed by atoms with Gasteiger partial charge in [0.25, 0.3) is 11.8 Å². The van der Waals surface area contributed by atoms with Crippen LogP contribution in [0.4, 0.5) is 0 Å². The van der Waals surface area contributed by atoms with E-state index in [9.17, 15) is 9.59 Å². The Morgan fingerprint density at radius 2 is 1.92 bits per heavy atom. The third-order valence-corrected chi connectivity index (χ3v) is 4.61. The van der Waals surface area contributed by atoms with Gasteiger partial charge in [-0.3, -0.25) is 14.5 Å². The van der Waals surface area contributed by atoms with Crippen LogP contribution in [0.15, 0.2) is 28.8 Å². The fraction of sp³-hybridized carbons (Fsp3) is 0.474. The number of carbonyl (C=O) groups is 2. The van der Waals surface area contributed by atoms with E-state index in [0.717, 1.165) is 24.4 Å². The molecule has 1 saturated heterocycles. The zero-order valence-corrected chi connectivity index (χ0v) is 15.5. The molecule has 3 N–H and O–H groups in total. The van der Waals surface area contributed by atoms with Crippen molar-refractivity contribution in [3.05, 3.63) is 47.2 Å². The average molecular weight is 358 g/mol. The smallest absolute Gasteiger partial charge is 0.284 e. The molecule has 7 nitrogen and oxygen atoms in total. The third kappa shape index (κ3) is 3.83. The summed E-state index contributed by atoms with van der Waals surface area (Å²) in [6.07, 6.45) is 1.76. The first-order chi connectivity index (χ1) is 12.3. The van der Waals surface area contributed by atoms with Crippen LogP contribution in [0, 0.1) is 0 Å². The van der Waals surface area contributed by atoms with Crippen LogP contribution in [-0.4, -0.2) is 52.8 Å². The summed E-state index contributed by atoms with van der Waals surface area (Å²) in [5, 5.41) is 0. The first-order valence-electron chi connectivity index (χ1n) is 8.83. The molecule has 0 saturated carbocycles. The van der Waals surface area contributed by atoms with Gasteiger partial charge in [0, 0.05) is 49.9 Å². The minimum absolute atomic E-state index is 0.0318. The summed E-state index contributed by atoms with van der Waals surface area (Å²) >= 11 is 0. The lowest BCUT2D eigenvalue weighted by molar-refractivity contribution is 0.0622. The van der Waals surface area contributed by atoms with Crippen molar-refractivity contribution in [1.29, 1.82) is 0 Å². The number of nitrogens with zero attached hydrogens (tertiary/aromatic N) is 2. The number of amides is 2. The summed E-state index contributed by atoms with van der Waals surface area (Å²) in [5.41, 5.74) is 6.76. The number of primary amides is 1. The van der Waals surface area contributed by atoms with Crippen LogP contribution in [0.2, 0.25) is 0 Å². The Balaban J connectivity index is 1.66. The van der Waals surface area contributed by atoms with Gasteiger partial charge in [0.1, 0.15) is 11.5 Å². The number of nitrogens with two attached hydrogens (primary N) is 1. The van der Waals surface area contributed by atoms with E-state index in [1.54, 1.807) is 18.3 Å². The second-order valence-corrected chi connectivity index (χ2v) is 7.73. The highest BCUT2D eigenvalue weighted by molar-refractivity contribution is 5.92. The summed E-state index contributed by atoms with van der Waals surface area (Å²) in [7, 11) is 0. The van der Waals surface area contributed by atoms with E-state index in [0.29, 0.717) is 25.3 Å². The molecule has 0 radical (unpaired) electrons. The molecule has 1 aliphatic rings. The van der Waals surface area contributed by atoms with Gasteiger partial charge in [-0.05, 0) is 18.2 Å². The molecular weight excluding hydrogens is 332 g/mol. The number of aromatic nitrogens is 1. The lowest BCUT2D eigenvalue weighted by atomic mass is 9.90. The van der Waals surface area contributed by atoms with Crippen LogP contribution in [-0.2, 0) is 12.0 Å². The van der Waals surface area contributed by atoms with Gasteiger partial charge >= 0.3 is 0 Å². The van der Waals surface area contributed by atoms with Gasteiger partial charge < -0.3 is 20.0 Å². The summed E-state index contributed by atoms with van der Waals surface area (Å²) in [6, 6.07) is 5.37. The Morgan fingerprint density at radius 1 is 1.23 bits per heavy atom. The number of hydrogen-bond donors (Lipinski definition) is 2. The van der Waals surface area contributed by atoms with Gasteiger partial charge in [0.15, 0.2) is 5.76 Å². The molecule has 3 heterocycles.